The van der Waals surface area contributed by atoms with Gasteiger partial charge < -0.3 is 10.4 Å². The lowest BCUT2D eigenvalue weighted by Crippen LogP contribution is -2.28. The molecule has 1 saturated heterocycles. The van der Waals surface area contributed by atoms with Gasteiger partial charge in [-0.2, -0.15) is 0 Å². The standard InChI is InChI=1S/C13H16FNO2/c14-12-2-1-10(8-11(12)13(16)17)7-9-3-5-15-6-4-9/h1-2,8-9,15H,3-7H2,(H,16,17). The van der Waals surface area contributed by atoms with Gasteiger partial charge in [0.2, 0.25) is 0 Å². The number of carboxylic acids is 1. The van der Waals surface area contributed by atoms with E-state index in [4.69, 9.17) is 5.11 Å². The maximum absolute atomic E-state index is 13.2. The molecule has 1 aliphatic rings. The lowest BCUT2D eigenvalue weighted by atomic mass is 9.90. The summed E-state index contributed by atoms with van der Waals surface area (Å²) in [4.78, 5) is 10.8. The summed E-state index contributed by atoms with van der Waals surface area (Å²) in [5.41, 5.74) is 0.687. The second-order valence-electron chi connectivity index (χ2n) is 4.52. The average molecular weight is 237 g/mol. The minimum absolute atomic E-state index is 0.226. The number of hydrogen-bond acceptors (Lipinski definition) is 2. The highest BCUT2D eigenvalue weighted by atomic mass is 19.1. The Morgan fingerprint density at radius 3 is 2.76 bits per heavy atom. The van der Waals surface area contributed by atoms with Gasteiger partial charge in [-0.3, -0.25) is 0 Å². The highest BCUT2D eigenvalue weighted by Crippen LogP contribution is 2.20. The highest BCUT2D eigenvalue weighted by Gasteiger charge is 2.16. The van der Waals surface area contributed by atoms with Gasteiger partial charge in [0.05, 0.1) is 5.56 Å². The van der Waals surface area contributed by atoms with Gasteiger partial charge >= 0.3 is 5.97 Å². The van der Waals surface area contributed by atoms with Gasteiger partial charge in [-0.1, -0.05) is 6.07 Å². The number of carboxylic acid groups (broad SMARTS) is 1. The molecule has 0 atom stereocenters. The molecule has 2 rings (SSSR count). The Hall–Kier alpha value is -1.42. The topological polar surface area (TPSA) is 49.3 Å². The van der Waals surface area contributed by atoms with E-state index < -0.39 is 11.8 Å². The van der Waals surface area contributed by atoms with E-state index in [9.17, 15) is 9.18 Å². The predicted octanol–water partition coefficient (Wildman–Crippen LogP) is 2.07. The van der Waals surface area contributed by atoms with Crippen LogP contribution in [0.5, 0.6) is 0 Å². The monoisotopic (exact) mass is 237 g/mol. The molecule has 3 nitrogen and oxygen atoms in total. The number of rotatable bonds is 3. The molecule has 1 aliphatic heterocycles. The third-order valence-corrected chi connectivity index (χ3v) is 3.24. The zero-order chi connectivity index (χ0) is 12.3. The van der Waals surface area contributed by atoms with Crippen molar-refractivity contribution < 1.29 is 14.3 Å². The number of benzene rings is 1. The third-order valence-electron chi connectivity index (χ3n) is 3.24. The number of carbonyl (C=O) groups is 1. The van der Waals surface area contributed by atoms with Crippen molar-refractivity contribution in [2.24, 2.45) is 5.92 Å². The first-order chi connectivity index (χ1) is 8.16. The molecule has 1 aromatic carbocycles. The lowest BCUT2D eigenvalue weighted by Gasteiger charge is -2.22. The van der Waals surface area contributed by atoms with Crippen LogP contribution in [-0.4, -0.2) is 24.2 Å². The van der Waals surface area contributed by atoms with Crippen LogP contribution in [0.2, 0.25) is 0 Å². The van der Waals surface area contributed by atoms with Crippen molar-refractivity contribution in [3.05, 3.63) is 35.1 Å². The molecule has 1 heterocycles. The molecule has 2 N–H and O–H groups in total. The van der Waals surface area contributed by atoms with E-state index in [1.807, 2.05) is 0 Å². The van der Waals surface area contributed by atoms with Crippen molar-refractivity contribution in [1.29, 1.82) is 0 Å². The molecule has 92 valence electrons. The van der Waals surface area contributed by atoms with E-state index in [2.05, 4.69) is 5.32 Å². The molecule has 0 radical (unpaired) electrons. The number of piperidine rings is 1. The second-order valence-corrected chi connectivity index (χ2v) is 4.52. The average Bonchev–Trinajstić information content (AvgIpc) is 2.32. The summed E-state index contributed by atoms with van der Waals surface area (Å²) in [5, 5.41) is 12.1. The molecule has 4 heteroatoms. The van der Waals surface area contributed by atoms with Crippen LogP contribution in [0.1, 0.15) is 28.8 Å². The molecule has 0 saturated carbocycles. The molecule has 17 heavy (non-hydrogen) atoms. The van der Waals surface area contributed by atoms with Gasteiger partial charge in [0.15, 0.2) is 0 Å². The minimum Gasteiger partial charge on any atom is -0.478 e. The summed E-state index contributed by atoms with van der Waals surface area (Å²) in [6.07, 6.45) is 3.03. The Kier molecular flexibility index (Phi) is 3.74. The van der Waals surface area contributed by atoms with Crippen molar-refractivity contribution in [3.8, 4) is 0 Å². The molecule has 0 amide bonds. The van der Waals surface area contributed by atoms with E-state index in [-0.39, 0.29) is 5.56 Å². The smallest absolute Gasteiger partial charge is 0.338 e. The van der Waals surface area contributed by atoms with Crippen LogP contribution in [0.4, 0.5) is 4.39 Å². The summed E-state index contributed by atoms with van der Waals surface area (Å²) in [6, 6.07) is 4.39. The highest BCUT2D eigenvalue weighted by molar-refractivity contribution is 5.88. The van der Waals surface area contributed by atoms with E-state index in [1.165, 1.54) is 12.1 Å². The van der Waals surface area contributed by atoms with Crippen LogP contribution in [0, 0.1) is 11.7 Å². The minimum atomic E-state index is -1.20. The first-order valence-corrected chi connectivity index (χ1v) is 5.89. The van der Waals surface area contributed by atoms with E-state index in [0.29, 0.717) is 5.92 Å². The fraction of sp³-hybridized carbons (Fsp3) is 0.462. The molecular weight excluding hydrogens is 221 g/mol. The normalized spacial score (nSPS) is 17.0. The fourth-order valence-corrected chi connectivity index (χ4v) is 2.28. The Morgan fingerprint density at radius 1 is 1.41 bits per heavy atom. The van der Waals surface area contributed by atoms with E-state index >= 15 is 0 Å². The Labute approximate surface area is 99.7 Å². The van der Waals surface area contributed by atoms with Crippen LogP contribution in [0.25, 0.3) is 0 Å². The van der Waals surface area contributed by atoms with Crippen LogP contribution in [0.3, 0.4) is 0 Å². The Balaban J connectivity index is 2.10. The van der Waals surface area contributed by atoms with Crippen LogP contribution in [-0.2, 0) is 6.42 Å². The van der Waals surface area contributed by atoms with Crippen molar-refractivity contribution in [1.82, 2.24) is 5.32 Å². The first-order valence-electron chi connectivity index (χ1n) is 5.89. The Morgan fingerprint density at radius 2 is 2.12 bits per heavy atom. The first kappa shape index (κ1) is 12.0. The van der Waals surface area contributed by atoms with E-state index in [1.54, 1.807) is 6.07 Å². The van der Waals surface area contributed by atoms with Gasteiger partial charge in [-0.25, -0.2) is 9.18 Å². The van der Waals surface area contributed by atoms with Gasteiger partial charge in [0, 0.05) is 0 Å². The van der Waals surface area contributed by atoms with Gasteiger partial charge in [-0.05, 0) is 56.0 Å². The number of nitrogens with one attached hydrogen (secondary N) is 1. The van der Waals surface area contributed by atoms with Crippen molar-refractivity contribution in [3.63, 3.8) is 0 Å². The molecule has 0 bridgehead atoms. The lowest BCUT2D eigenvalue weighted by molar-refractivity contribution is 0.0691. The maximum atomic E-state index is 13.2. The van der Waals surface area contributed by atoms with Crippen molar-refractivity contribution >= 4 is 5.97 Å². The van der Waals surface area contributed by atoms with Crippen molar-refractivity contribution in [2.75, 3.05) is 13.1 Å². The van der Waals surface area contributed by atoms with Crippen molar-refractivity contribution in [2.45, 2.75) is 19.3 Å². The van der Waals surface area contributed by atoms with Gasteiger partial charge in [0.25, 0.3) is 0 Å². The van der Waals surface area contributed by atoms with Gasteiger partial charge in [0.1, 0.15) is 5.82 Å². The summed E-state index contributed by atoms with van der Waals surface area (Å²) in [5.74, 6) is -1.29. The molecule has 0 aromatic heterocycles. The van der Waals surface area contributed by atoms with E-state index in [0.717, 1.165) is 37.9 Å². The number of aromatic carboxylic acids is 1. The quantitative estimate of drug-likeness (QED) is 0.846. The zero-order valence-corrected chi connectivity index (χ0v) is 9.58. The fourth-order valence-electron chi connectivity index (χ4n) is 2.28. The van der Waals surface area contributed by atoms with Gasteiger partial charge in [-0.15, -0.1) is 0 Å². The van der Waals surface area contributed by atoms with Crippen LogP contribution < -0.4 is 5.32 Å². The summed E-state index contributed by atoms with van der Waals surface area (Å²) in [6.45, 7) is 2.02. The molecule has 1 aromatic rings. The number of halogens is 1. The SMILES string of the molecule is O=C(O)c1cc(CC2CCNCC2)ccc1F. The molecule has 0 unspecified atom stereocenters. The van der Waals surface area contributed by atoms with Crippen LogP contribution in [0.15, 0.2) is 18.2 Å². The number of hydrogen-bond donors (Lipinski definition) is 2. The molecular formula is C13H16FNO2. The third kappa shape index (κ3) is 3.03. The summed E-state index contributed by atoms with van der Waals surface area (Å²) >= 11 is 0. The predicted molar refractivity (Wildman–Crippen MR) is 62.7 cm³/mol. The zero-order valence-electron chi connectivity index (χ0n) is 9.58. The second kappa shape index (κ2) is 5.27. The summed E-state index contributed by atoms with van der Waals surface area (Å²) in [7, 11) is 0. The maximum Gasteiger partial charge on any atom is 0.338 e. The largest absolute Gasteiger partial charge is 0.478 e. The molecule has 1 fully saturated rings. The van der Waals surface area contributed by atoms with Crippen LogP contribution >= 0.6 is 0 Å². The summed E-state index contributed by atoms with van der Waals surface area (Å²) < 4.78 is 13.2. The Bertz CT molecular complexity index is 414. The molecule has 0 aliphatic carbocycles. The molecule has 0 spiro atoms.